The van der Waals surface area contributed by atoms with Crippen molar-refractivity contribution in [3.8, 4) is 0 Å². The van der Waals surface area contributed by atoms with Crippen molar-refractivity contribution in [2.75, 3.05) is 0 Å². The average Bonchev–Trinajstić information content (AvgIpc) is 2.24. The quantitative estimate of drug-likeness (QED) is 0.820. The van der Waals surface area contributed by atoms with Crippen LogP contribution in [0, 0.1) is 5.92 Å². The van der Waals surface area contributed by atoms with Gasteiger partial charge in [0.25, 0.3) is 0 Å². The third kappa shape index (κ3) is 3.65. The normalized spacial score (nSPS) is 13.1. The van der Waals surface area contributed by atoms with Crippen LogP contribution in [-0.4, -0.2) is 6.04 Å². The molecule has 1 unspecified atom stereocenters. The van der Waals surface area contributed by atoms with E-state index >= 15 is 0 Å². The fraction of sp³-hybridized carbons (Fsp3) is 0.538. The zero-order valence-electron chi connectivity index (χ0n) is 10.1. The van der Waals surface area contributed by atoms with Crippen LogP contribution in [-0.2, 0) is 6.54 Å². The number of halogens is 2. The molecule has 1 aromatic rings. The fourth-order valence-electron chi connectivity index (χ4n) is 1.78. The molecule has 0 aliphatic carbocycles. The van der Waals surface area contributed by atoms with E-state index in [9.17, 15) is 0 Å². The molecule has 1 atom stereocenters. The van der Waals surface area contributed by atoms with Gasteiger partial charge >= 0.3 is 0 Å². The van der Waals surface area contributed by atoms with Crippen molar-refractivity contribution in [2.45, 2.75) is 39.8 Å². The standard InChI is InChI=1S/C13H19Cl2N/c1-4-12(9(2)3)16-8-10-6-5-7-11(14)13(10)15/h5-7,9,12,16H,4,8H2,1-3H3. The summed E-state index contributed by atoms with van der Waals surface area (Å²) in [4.78, 5) is 0. The third-order valence-corrected chi connectivity index (χ3v) is 3.69. The Bertz CT molecular complexity index is 337. The Balaban J connectivity index is 2.64. The first-order valence-electron chi connectivity index (χ1n) is 5.72. The van der Waals surface area contributed by atoms with Gasteiger partial charge in [0, 0.05) is 12.6 Å². The van der Waals surface area contributed by atoms with E-state index in [4.69, 9.17) is 23.2 Å². The smallest absolute Gasteiger partial charge is 0.0637 e. The molecule has 0 heterocycles. The van der Waals surface area contributed by atoms with Gasteiger partial charge in [0.15, 0.2) is 0 Å². The zero-order valence-corrected chi connectivity index (χ0v) is 11.6. The molecule has 0 radical (unpaired) electrons. The highest BCUT2D eigenvalue weighted by Gasteiger charge is 2.11. The van der Waals surface area contributed by atoms with E-state index in [1.807, 2.05) is 18.2 Å². The number of nitrogens with one attached hydrogen (secondary N) is 1. The molecule has 90 valence electrons. The summed E-state index contributed by atoms with van der Waals surface area (Å²) < 4.78 is 0. The van der Waals surface area contributed by atoms with Crippen LogP contribution in [0.5, 0.6) is 0 Å². The van der Waals surface area contributed by atoms with Crippen molar-refractivity contribution in [2.24, 2.45) is 5.92 Å². The molecule has 0 aliphatic heterocycles. The van der Waals surface area contributed by atoms with E-state index < -0.39 is 0 Å². The molecule has 3 heteroatoms. The lowest BCUT2D eigenvalue weighted by atomic mass is 10.0. The van der Waals surface area contributed by atoms with Crippen molar-refractivity contribution in [1.29, 1.82) is 0 Å². The van der Waals surface area contributed by atoms with Gasteiger partial charge in [0.2, 0.25) is 0 Å². The Hall–Kier alpha value is -0.240. The highest BCUT2D eigenvalue weighted by molar-refractivity contribution is 6.42. The Labute approximate surface area is 108 Å². The van der Waals surface area contributed by atoms with Crippen molar-refractivity contribution < 1.29 is 0 Å². The first-order chi connectivity index (χ1) is 7.56. The highest BCUT2D eigenvalue weighted by Crippen LogP contribution is 2.25. The SMILES string of the molecule is CCC(NCc1cccc(Cl)c1Cl)C(C)C. The Morgan fingerprint density at radius 1 is 1.25 bits per heavy atom. The zero-order chi connectivity index (χ0) is 12.1. The van der Waals surface area contributed by atoms with E-state index in [2.05, 4.69) is 26.1 Å². The molecule has 0 aliphatic rings. The molecular formula is C13H19Cl2N. The number of benzene rings is 1. The summed E-state index contributed by atoms with van der Waals surface area (Å²) in [5, 5.41) is 4.80. The Morgan fingerprint density at radius 3 is 2.50 bits per heavy atom. The maximum Gasteiger partial charge on any atom is 0.0637 e. The second-order valence-corrected chi connectivity index (χ2v) is 5.14. The predicted octanol–water partition coefficient (Wildman–Crippen LogP) is 4.52. The van der Waals surface area contributed by atoms with E-state index in [0.29, 0.717) is 22.0 Å². The van der Waals surface area contributed by atoms with Gasteiger partial charge in [-0.25, -0.2) is 0 Å². The Morgan fingerprint density at radius 2 is 1.94 bits per heavy atom. The minimum Gasteiger partial charge on any atom is -0.310 e. The van der Waals surface area contributed by atoms with Crippen molar-refractivity contribution in [1.82, 2.24) is 5.32 Å². The maximum atomic E-state index is 6.13. The summed E-state index contributed by atoms with van der Waals surface area (Å²) in [6.45, 7) is 7.41. The first-order valence-corrected chi connectivity index (χ1v) is 6.48. The van der Waals surface area contributed by atoms with Crippen LogP contribution in [0.3, 0.4) is 0 Å². The number of hydrogen-bond donors (Lipinski definition) is 1. The van der Waals surface area contributed by atoms with Crippen LogP contribution in [0.15, 0.2) is 18.2 Å². The predicted molar refractivity (Wildman–Crippen MR) is 72.2 cm³/mol. The summed E-state index contributed by atoms with van der Waals surface area (Å²) in [5.41, 5.74) is 1.06. The van der Waals surface area contributed by atoms with Crippen molar-refractivity contribution >= 4 is 23.2 Å². The largest absolute Gasteiger partial charge is 0.310 e. The molecule has 0 saturated heterocycles. The van der Waals surface area contributed by atoms with Gasteiger partial charge in [-0.1, -0.05) is 56.1 Å². The summed E-state index contributed by atoms with van der Waals surface area (Å²) >= 11 is 12.1. The lowest BCUT2D eigenvalue weighted by Gasteiger charge is -2.21. The van der Waals surface area contributed by atoms with Crippen LogP contribution in [0.4, 0.5) is 0 Å². The van der Waals surface area contributed by atoms with Gasteiger partial charge in [-0.05, 0) is 24.0 Å². The summed E-state index contributed by atoms with van der Waals surface area (Å²) in [5.74, 6) is 0.628. The van der Waals surface area contributed by atoms with Gasteiger partial charge < -0.3 is 5.32 Å². The monoisotopic (exact) mass is 259 g/mol. The molecule has 0 amide bonds. The minimum atomic E-state index is 0.523. The molecule has 1 aromatic carbocycles. The van der Waals surface area contributed by atoms with Gasteiger partial charge in [-0.3, -0.25) is 0 Å². The molecular weight excluding hydrogens is 241 g/mol. The van der Waals surface area contributed by atoms with Gasteiger partial charge in [-0.2, -0.15) is 0 Å². The van der Waals surface area contributed by atoms with Gasteiger partial charge in [0.05, 0.1) is 10.0 Å². The summed E-state index contributed by atoms with van der Waals surface area (Å²) in [6, 6.07) is 6.28. The van der Waals surface area contributed by atoms with E-state index in [0.717, 1.165) is 18.5 Å². The Kier molecular flexibility index (Phi) is 5.60. The molecule has 0 fully saturated rings. The van der Waals surface area contributed by atoms with Crippen LogP contribution < -0.4 is 5.32 Å². The molecule has 0 saturated carbocycles. The summed E-state index contributed by atoms with van der Waals surface area (Å²) in [6.07, 6.45) is 1.12. The topological polar surface area (TPSA) is 12.0 Å². The van der Waals surface area contributed by atoms with Crippen LogP contribution in [0.25, 0.3) is 0 Å². The van der Waals surface area contributed by atoms with E-state index in [-0.39, 0.29) is 0 Å². The van der Waals surface area contributed by atoms with Crippen molar-refractivity contribution in [3.05, 3.63) is 33.8 Å². The minimum absolute atomic E-state index is 0.523. The number of rotatable bonds is 5. The lowest BCUT2D eigenvalue weighted by molar-refractivity contribution is 0.387. The second-order valence-electron chi connectivity index (χ2n) is 4.35. The molecule has 16 heavy (non-hydrogen) atoms. The van der Waals surface area contributed by atoms with Crippen LogP contribution >= 0.6 is 23.2 Å². The maximum absolute atomic E-state index is 6.13. The molecule has 0 bridgehead atoms. The fourth-order valence-corrected chi connectivity index (χ4v) is 2.16. The molecule has 1 nitrogen and oxygen atoms in total. The average molecular weight is 260 g/mol. The lowest BCUT2D eigenvalue weighted by Crippen LogP contribution is -2.32. The second kappa shape index (κ2) is 6.48. The van der Waals surface area contributed by atoms with Crippen LogP contribution in [0.1, 0.15) is 32.8 Å². The summed E-state index contributed by atoms with van der Waals surface area (Å²) in [7, 11) is 0. The number of hydrogen-bond acceptors (Lipinski definition) is 1. The molecule has 1 N–H and O–H groups in total. The van der Waals surface area contributed by atoms with Crippen LogP contribution in [0.2, 0.25) is 10.0 Å². The van der Waals surface area contributed by atoms with Crippen molar-refractivity contribution in [3.63, 3.8) is 0 Å². The first kappa shape index (κ1) is 13.8. The van der Waals surface area contributed by atoms with E-state index in [1.165, 1.54) is 0 Å². The van der Waals surface area contributed by atoms with E-state index in [1.54, 1.807) is 0 Å². The van der Waals surface area contributed by atoms with Gasteiger partial charge in [0.1, 0.15) is 0 Å². The molecule has 0 aromatic heterocycles. The molecule has 0 spiro atoms. The van der Waals surface area contributed by atoms with Gasteiger partial charge in [-0.15, -0.1) is 0 Å². The molecule has 1 rings (SSSR count). The highest BCUT2D eigenvalue weighted by atomic mass is 35.5. The third-order valence-electron chi connectivity index (χ3n) is 2.83.